The quantitative estimate of drug-likeness (QED) is 0.944. The van der Waals surface area contributed by atoms with Gasteiger partial charge in [-0.25, -0.2) is 0 Å². The van der Waals surface area contributed by atoms with Crippen molar-refractivity contribution in [3.05, 3.63) is 31.4 Å². The van der Waals surface area contributed by atoms with Gasteiger partial charge in [-0.05, 0) is 37.6 Å². The van der Waals surface area contributed by atoms with E-state index in [9.17, 15) is 4.79 Å². The van der Waals surface area contributed by atoms with E-state index in [1.165, 1.54) is 4.88 Å². The van der Waals surface area contributed by atoms with Crippen LogP contribution in [0.25, 0.3) is 0 Å². The highest BCUT2D eigenvalue weighted by Gasteiger charge is 2.16. The second kappa shape index (κ2) is 5.12. The van der Waals surface area contributed by atoms with Gasteiger partial charge in [0, 0.05) is 9.75 Å². The van der Waals surface area contributed by atoms with Crippen LogP contribution in [-0.4, -0.2) is 16.1 Å². The molecular formula is C10H10ClN3OS2. The Morgan fingerprint density at radius 2 is 2.18 bits per heavy atom. The standard InChI is InChI=1S/C10H10ClN3OS2/c1-5-3-4-7(16-5)6(2)12-8(15)9-13-14-10(11)17-9/h3-4,6H,1-2H3,(H,12,15). The molecule has 1 N–H and O–H groups in total. The second-order valence-electron chi connectivity index (χ2n) is 3.50. The van der Waals surface area contributed by atoms with Crippen LogP contribution < -0.4 is 5.32 Å². The Bertz CT molecular complexity index is 537. The van der Waals surface area contributed by atoms with Gasteiger partial charge in [0.05, 0.1) is 6.04 Å². The summed E-state index contributed by atoms with van der Waals surface area (Å²) in [5, 5.41) is 10.4. The minimum absolute atomic E-state index is 0.0381. The molecule has 0 bridgehead atoms. The van der Waals surface area contributed by atoms with Crippen molar-refractivity contribution in [3.8, 4) is 0 Å². The van der Waals surface area contributed by atoms with Gasteiger partial charge in [-0.2, -0.15) is 0 Å². The fraction of sp³-hybridized carbons (Fsp3) is 0.300. The molecule has 0 aliphatic heterocycles. The van der Waals surface area contributed by atoms with Crippen LogP contribution in [-0.2, 0) is 0 Å². The maximum absolute atomic E-state index is 11.8. The monoisotopic (exact) mass is 287 g/mol. The van der Waals surface area contributed by atoms with Gasteiger partial charge in [-0.15, -0.1) is 21.5 Å². The van der Waals surface area contributed by atoms with Crippen LogP contribution in [0.5, 0.6) is 0 Å². The Morgan fingerprint density at radius 3 is 2.71 bits per heavy atom. The van der Waals surface area contributed by atoms with Crippen LogP contribution in [0.15, 0.2) is 12.1 Å². The number of thiophene rings is 1. The predicted octanol–water partition coefficient (Wildman–Crippen LogP) is 3.05. The number of carbonyl (C=O) groups is 1. The maximum Gasteiger partial charge on any atom is 0.282 e. The fourth-order valence-electron chi connectivity index (χ4n) is 1.31. The minimum Gasteiger partial charge on any atom is -0.343 e. The number of hydrogen-bond acceptors (Lipinski definition) is 5. The summed E-state index contributed by atoms with van der Waals surface area (Å²) in [7, 11) is 0. The highest BCUT2D eigenvalue weighted by molar-refractivity contribution is 7.17. The van der Waals surface area contributed by atoms with Crippen molar-refractivity contribution in [1.82, 2.24) is 15.5 Å². The molecule has 0 spiro atoms. The van der Waals surface area contributed by atoms with Crippen LogP contribution in [0.1, 0.15) is 32.5 Å². The lowest BCUT2D eigenvalue weighted by molar-refractivity contribution is 0.0939. The molecule has 0 saturated heterocycles. The maximum atomic E-state index is 11.8. The van der Waals surface area contributed by atoms with Gasteiger partial charge in [0.2, 0.25) is 9.47 Å². The molecule has 0 saturated carbocycles. The van der Waals surface area contributed by atoms with Gasteiger partial charge in [0.15, 0.2) is 0 Å². The minimum atomic E-state index is -0.243. The molecular weight excluding hydrogens is 278 g/mol. The van der Waals surface area contributed by atoms with Gasteiger partial charge >= 0.3 is 0 Å². The molecule has 2 aromatic heterocycles. The number of halogens is 1. The van der Waals surface area contributed by atoms with E-state index in [1.54, 1.807) is 11.3 Å². The van der Waals surface area contributed by atoms with Gasteiger partial charge < -0.3 is 5.32 Å². The van der Waals surface area contributed by atoms with E-state index in [0.29, 0.717) is 0 Å². The number of hydrogen-bond donors (Lipinski definition) is 1. The van der Waals surface area contributed by atoms with Gasteiger partial charge in [0.1, 0.15) is 0 Å². The molecule has 2 heterocycles. The number of carbonyl (C=O) groups excluding carboxylic acids is 1. The van der Waals surface area contributed by atoms with Crippen molar-refractivity contribution in [2.75, 3.05) is 0 Å². The summed E-state index contributed by atoms with van der Waals surface area (Å²) in [6, 6.07) is 4.01. The van der Waals surface area contributed by atoms with Crippen LogP contribution in [0.3, 0.4) is 0 Å². The van der Waals surface area contributed by atoms with Crippen molar-refractivity contribution >= 4 is 40.2 Å². The Morgan fingerprint density at radius 1 is 1.41 bits per heavy atom. The molecule has 90 valence electrons. The van der Waals surface area contributed by atoms with Crippen molar-refractivity contribution < 1.29 is 4.79 Å². The number of aromatic nitrogens is 2. The molecule has 0 fully saturated rings. The molecule has 1 unspecified atom stereocenters. The number of rotatable bonds is 3. The first-order valence-electron chi connectivity index (χ1n) is 4.92. The molecule has 17 heavy (non-hydrogen) atoms. The number of nitrogens with zero attached hydrogens (tertiary/aromatic N) is 2. The summed E-state index contributed by atoms with van der Waals surface area (Å²) in [6.07, 6.45) is 0. The Hall–Kier alpha value is -0.980. The first-order valence-corrected chi connectivity index (χ1v) is 6.93. The Kier molecular flexibility index (Phi) is 3.76. The van der Waals surface area contributed by atoms with Crippen molar-refractivity contribution in [1.29, 1.82) is 0 Å². The third kappa shape index (κ3) is 3.02. The predicted molar refractivity (Wildman–Crippen MR) is 69.9 cm³/mol. The Balaban J connectivity index is 2.04. The second-order valence-corrected chi connectivity index (χ2v) is 6.38. The van der Waals surface area contributed by atoms with Gasteiger partial charge in [-0.3, -0.25) is 4.79 Å². The zero-order valence-electron chi connectivity index (χ0n) is 9.23. The van der Waals surface area contributed by atoms with Gasteiger partial charge in [0.25, 0.3) is 5.91 Å². The van der Waals surface area contributed by atoms with E-state index >= 15 is 0 Å². The molecule has 2 rings (SSSR count). The van der Waals surface area contributed by atoms with Crippen molar-refractivity contribution in [2.45, 2.75) is 19.9 Å². The molecule has 1 amide bonds. The van der Waals surface area contributed by atoms with E-state index in [4.69, 9.17) is 11.6 Å². The molecule has 2 aromatic rings. The van der Waals surface area contributed by atoms with E-state index in [-0.39, 0.29) is 21.4 Å². The smallest absolute Gasteiger partial charge is 0.282 e. The summed E-state index contributed by atoms with van der Waals surface area (Å²) in [5.74, 6) is -0.243. The average Bonchev–Trinajstić information content (AvgIpc) is 2.87. The van der Waals surface area contributed by atoms with Crippen LogP contribution in [0.4, 0.5) is 0 Å². The van der Waals surface area contributed by atoms with Crippen LogP contribution >= 0.6 is 34.3 Å². The molecule has 1 atom stereocenters. The average molecular weight is 288 g/mol. The summed E-state index contributed by atoms with van der Waals surface area (Å²) in [5.41, 5.74) is 0. The third-order valence-corrected chi connectivity index (χ3v) is 4.33. The van der Waals surface area contributed by atoms with Gasteiger partial charge in [-0.1, -0.05) is 11.3 Å². The topological polar surface area (TPSA) is 54.9 Å². The molecule has 4 nitrogen and oxygen atoms in total. The number of aryl methyl sites for hydroxylation is 1. The zero-order chi connectivity index (χ0) is 12.4. The van der Waals surface area contributed by atoms with Crippen molar-refractivity contribution in [3.63, 3.8) is 0 Å². The highest BCUT2D eigenvalue weighted by Crippen LogP contribution is 2.23. The van der Waals surface area contributed by atoms with E-state index < -0.39 is 0 Å². The van der Waals surface area contributed by atoms with Crippen LogP contribution in [0, 0.1) is 6.92 Å². The largest absolute Gasteiger partial charge is 0.343 e. The summed E-state index contributed by atoms with van der Waals surface area (Å²) in [4.78, 5) is 14.1. The summed E-state index contributed by atoms with van der Waals surface area (Å²) >= 11 is 8.37. The molecule has 0 aliphatic rings. The zero-order valence-corrected chi connectivity index (χ0v) is 11.6. The third-order valence-electron chi connectivity index (χ3n) is 2.13. The Labute approximate surface area is 112 Å². The van der Waals surface area contributed by atoms with E-state index in [0.717, 1.165) is 16.2 Å². The molecule has 0 aliphatic carbocycles. The van der Waals surface area contributed by atoms with E-state index in [1.807, 2.05) is 26.0 Å². The molecule has 7 heteroatoms. The van der Waals surface area contributed by atoms with Crippen molar-refractivity contribution in [2.24, 2.45) is 0 Å². The first-order chi connectivity index (χ1) is 8.06. The lowest BCUT2D eigenvalue weighted by atomic mass is 10.2. The number of nitrogens with one attached hydrogen (secondary N) is 1. The highest BCUT2D eigenvalue weighted by atomic mass is 35.5. The van der Waals surface area contributed by atoms with Crippen LogP contribution in [0.2, 0.25) is 4.47 Å². The number of amides is 1. The summed E-state index contributed by atoms with van der Waals surface area (Å²) < 4.78 is 0.273. The fourth-order valence-corrected chi connectivity index (χ4v) is 2.92. The summed E-state index contributed by atoms with van der Waals surface area (Å²) in [6.45, 7) is 3.97. The lowest BCUT2D eigenvalue weighted by Crippen LogP contribution is -2.25. The first kappa shape index (κ1) is 12.5. The van der Waals surface area contributed by atoms with E-state index in [2.05, 4.69) is 15.5 Å². The molecule has 0 aromatic carbocycles. The lowest BCUT2D eigenvalue weighted by Gasteiger charge is -2.10. The normalized spacial score (nSPS) is 12.4. The molecule has 0 radical (unpaired) electrons. The SMILES string of the molecule is Cc1ccc(C(C)NC(=O)c2nnc(Cl)s2)s1.